The highest BCUT2D eigenvalue weighted by molar-refractivity contribution is 6.36. The van der Waals surface area contributed by atoms with E-state index in [1.165, 1.54) is 18.3 Å². The van der Waals surface area contributed by atoms with Gasteiger partial charge in [-0.1, -0.05) is 11.6 Å². The Morgan fingerprint density at radius 2 is 2.00 bits per heavy atom. The summed E-state index contributed by atoms with van der Waals surface area (Å²) in [6, 6.07) is 3.96. The van der Waals surface area contributed by atoms with Gasteiger partial charge in [0, 0.05) is 19.3 Å². The number of nitrogens with zero attached hydrogens (tertiary/aromatic N) is 2. The van der Waals surface area contributed by atoms with Gasteiger partial charge in [-0.25, -0.2) is 14.2 Å². The summed E-state index contributed by atoms with van der Waals surface area (Å²) in [5.74, 6) is -1.90. The largest absolute Gasteiger partial charge is 0.478 e. The topological polar surface area (TPSA) is 91.8 Å². The molecule has 1 saturated heterocycles. The zero-order valence-corrected chi connectivity index (χ0v) is 16.2. The molecule has 1 aromatic carbocycles. The van der Waals surface area contributed by atoms with Crippen LogP contribution in [-0.2, 0) is 4.74 Å². The summed E-state index contributed by atoms with van der Waals surface area (Å²) in [4.78, 5) is 29.9. The lowest BCUT2D eigenvalue weighted by molar-refractivity contribution is 0.0303. The molecule has 152 valence electrons. The quantitative estimate of drug-likeness (QED) is 0.768. The predicted octanol–water partition coefficient (Wildman–Crippen LogP) is 3.67. The number of benzene rings is 1. The molecule has 2 fully saturated rings. The number of aromatic carboxylic acids is 1. The predicted molar refractivity (Wildman–Crippen MR) is 105 cm³/mol. The Labute approximate surface area is 171 Å². The molecule has 29 heavy (non-hydrogen) atoms. The number of aromatic nitrogens is 1. The fourth-order valence-corrected chi connectivity index (χ4v) is 3.59. The fraction of sp³-hybridized carbons (Fsp3) is 0.350. The van der Waals surface area contributed by atoms with Crippen LogP contribution in [0.15, 0.2) is 24.4 Å². The minimum atomic E-state index is -1.19. The second kappa shape index (κ2) is 7.96. The summed E-state index contributed by atoms with van der Waals surface area (Å²) in [7, 11) is 0. The summed E-state index contributed by atoms with van der Waals surface area (Å²) < 4.78 is 20.0. The van der Waals surface area contributed by atoms with Gasteiger partial charge in [-0.15, -0.1) is 0 Å². The molecule has 0 radical (unpaired) electrons. The molecule has 1 saturated carbocycles. The highest BCUT2D eigenvalue weighted by Gasteiger charge is 2.30. The fourth-order valence-electron chi connectivity index (χ4n) is 3.35. The molecule has 0 spiro atoms. The van der Waals surface area contributed by atoms with E-state index in [-0.39, 0.29) is 39.5 Å². The van der Waals surface area contributed by atoms with Crippen LogP contribution in [-0.4, -0.2) is 53.2 Å². The number of carbonyl (C=O) groups is 2. The number of hydrogen-bond donors (Lipinski definition) is 2. The first-order valence-electron chi connectivity index (χ1n) is 9.31. The van der Waals surface area contributed by atoms with Crippen molar-refractivity contribution in [1.29, 1.82) is 0 Å². The first kappa shape index (κ1) is 19.6. The van der Waals surface area contributed by atoms with Crippen molar-refractivity contribution in [2.45, 2.75) is 18.8 Å². The molecule has 0 bridgehead atoms. The van der Waals surface area contributed by atoms with Crippen LogP contribution in [0.4, 0.5) is 15.9 Å². The van der Waals surface area contributed by atoms with Gasteiger partial charge < -0.3 is 20.1 Å². The van der Waals surface area contributed by atoms with Crippen LogP contribution in [0.5, 0.6) is 0 Å². The lowest BCUT2D eigenvalue weighted by Gasteiger charge is -2.27. The number of halogens is 2. The van der Waals surface area contributed by atoms with Gasteiger partial charge in [-0.05, 0) is 42.5 Å². The van der Waals surface area contributed by atoms with E-state index < -0.39 is 11.8 Å². The van der Waals surface area contributed by atoms with E-state index in [1.54, 1.807) is 4.90 Å². The van der Waals surface area contributed by atoms with Crippen LogP contribution >= 0.6 is 11.6 Å². The molecule has 2 aliphatic rings. The Bertz CT molecular complexity index is 974. The molecule has 1 aromatic heterocycles. The maximum Gasteiger partial charge on any atom is 0.335 e. The Kier molecular flexibility index (Phi) is 5.38. The highest BCUT2D eigenvalue weighted by Crippen LogP contribution is 2.45. The van der Waals surface area contributed by atoms with E-state index in [2.05, 4.69) is 10.3 Å². The third-order valence-corrected chi connectivity index (χ3v) is 5.43. The third-order valence-electron chi connectivity index (χ3n) is 5.05. The Hall–Kier alpha value is -2.71. The van der Waals surface area contributed by atoms with E-state index in [0.717, 1.165) is 18.9 Å². The van der Waals surface area contributed by atoms with Crippen molar-refractivity contribution in [3.63, 3.8) is 0 Å². The first-order valence-corrected chi connectivity index (χ1v) is 9.68. The molecule has 1 amide bonds. The SMILES string of the molecule is O=C(O)c1cc(F)c(Nc2nccc(C(=O)N3CCOCC3)c2Cl)c(C2CC2)c1. The monoisotopic (exact) mass is 419 g/mol. The second-order valence-electron chi connectivity index (χ2n) is 7.05. The maximum absolute atomic E-state index is 14.7. The molecule has 4 rings (SSSR count). The average Bonchev–Trinajstić information content (AvgIpc) is 3.56. The van der Waals surface area contributed by atoms with Gasteiger partial charge >= 0.3 is 5.97 Å². The Morgan fingerprint density at radius 1 is 1.28 bits per heavy atom. The van der Waals surface area contributed by atoms with Crippen LogP contribution in [0, 0.1) is 5.82 Å². The zero-order chi connectivity index (χ0) is 20.5. The summed E-state index contributed by atoms with van der Waals surface area (Å²) >= 11 is 6.43. The number of rotatable bonds is 5. The minimum absolute atomic E-state index is 0.0863. The lowest BCUT2D eigenvalue weighted by atomic mass is 10.0. The molecular formula is C20H19ClFN3O4. The number of ether oxygens (including phenoxy) is 1. The Balaban J connectivity index is 1.67. The Morgan fingerprint density at radius 3 is 2.66 bits per heavy atom. The molecule has 0 atom stereocenters. The number of hydrogen-bond acceptors (Lipinski definition) is 5. The molecule has 9 heteroatoms. The molecular weight excluding hydrogens is 401 g/mol. The first-order chi connectivity index (χ1) is 14.0. The normalized spacial score (nSPS) is 16.6. The zero-order valence-electron chi connectivity index (χ0n) is 15.5. The van der Waals surface area contributed by atoms with Gasteiger partial charge in [-0.3, -0.25) is 4.79 Å². The van der Waals surface area contributed by atoms with Crippen LogP contribution in [0.25, 0.3) is 0 Å². The van der Waals surface area contributed by atoms with Crippen molar-refractivity contribution < 1.29 is 23.8 Å². The molecule has 7 nitrogen and oxygen atoms in total. The number of nitrogens with one attached hydrogen (secondary N) is 1. The number of pyridine rings is 1. The second-order valence-corrected chi connectivity index (χ2v) is 7.43. The molecule has 0 unspecified atom stereocenters. The molecule has 2 N–H and O–H groups in total. The van der Waals surface area contributed by atoms with E-state index in [0.29, 0.717) is 31.9 Å². The van der Waals surface area contributed by atoms with Crippen molar-refractivity contribution in [2.75, 3.05) is 31.6 Å². The van der Waals surface area contributed by atoms with Gasteiger partial charge in [0.1, 0.15) is 11.6 Å². The van der Waals surface area contributed by atoms with Crippen molar-refractivity contribution in [2.24, 2.45) is 0 Å². The average molecular weight is 420 g/mol. The van der Waals surface area contributed by atoms with Crippen molar-refractivity contribution in [3.8, 4) is 0 Å². The van der Waals surface area contributed by atoms with Crippen LogP contribution in [0.1, 0.15) is 45.0 Å². The highest BCUT2D eigenvalue weighted by atomic mass is 35.5. The molecule has 1 aliphatic heterocycles. The summed E-state index contributed by atoms with van der Waals surface area (Å²) in [6.07, 6.45) is 3.14. The van der Waals surface area contributed by atoms with Gasteiger partial charge in [0.15, 0.2) is 0 Å². The third kappa shape index (κ3) is 4.04. The van der Waals surface area contributed by atoms with Crippen LogP contribution in [0.2, 0.25) is 5.02 Å². The number of anilines is 2. The van der Waals surface area contributed by atoms with Gasteiger partial charge in [0.05, 0.1) is 35.1 Å². The lowest BCUT2D eigenvalue weighted by Crippen LogP contribution is -2.40. The number of amides is 1. The molecule has 2 aromatic rings. The van der Waals surface area contributed by atoms with E-state index in [4.69, 9.17) is 16.3 Å². The van der Waals surface area contributed by atoms with Gasteiger partial charge in [0.25, 0.3) is 5.91 Å². The summed E-state index contributed by atoms with van der Waals surface area (Å²) in [6.45, 7) is 1.87. The van der Waals surface area contributed by atoms with Gasteiger partial charge in [0.2, 0.25) is 0 Å². The van der Waals surface area contributed by atoms with Crippen molar-refractivity contribution in [1.82, 2.24) is 9.88 Å². The number of carboxylic acid groups (broad SMARTS) is 1. The summed E-state index contributed by atoms with van der Waals surface area (Å²) in [5, 5.41) is 12.2. The smallest absolute Gasteiger partial charge is 0.335 e. The van der Waals surface area contributed by atoms with Crippen LogP contribution in [0.3, 0.4) is 0 Å². The van der Waals surface area contributed by atoms with Crippen molar-refractivity contribution in [3.05, 3.63) is 51.9 Å². The van der Waals surface area contributed by atoms with Crippen molar-refractivity contribution >= 4 is 35.0 Å². The number of carbonyl (C=O) groups excluding carboxylic acids is 1. The number of carboxylic acids is 1. The maximum atomic E-state index is 14.7. The molecule has 2 heterocycles. The molecule has 1 aliphatic carbocycles. The summed E-state index contributed by atoms with van der Waals surface area (Å²) in [5.41, 5.74) is 0.875. The minimum Gasteiger partial charge on any atom is -0.478 e. The standard InChI is InChI=1S/C20H19ClFN3O4/c21-16-13(19(26)25-5-7-29-8-6-25)3-4-23-18(16)24-17-14(11-1-2-11)9-12(20(27)28)10-15(17)22/h3-4,9-11H,1-2,5-8H2,(H,23,24)(H,27,28). The van der Waals surface area contributed by atoms with Crippen LogP contribution < -0.4 is 5.32 Å². The van der Waals surface area contributed by atoms with E-state index in [9.17, 15) is 19.1 Å². The van der Waals surface area contributed by atoms with E-state index >= 15 is 0 Å². The number of morpholine rings is 1. The van der Waals surface area contributed by atoms with E-state index in [1.807, 2.05) is 0 Å². The van der Waals surface area contributed by atoms with Gasteiger partial charge in [-0.2, -0.15) is 0 Å².